The highest BCUT2D eigenvalue weighted by atomic mass is 27.0. The van der Waals surface area contributed by atoms with E-state index in [2.05, 4.69) is 6.92 Å². The molecule has 0 saturated heterocycles. The first kappa shape index (κ1) is 15.0. The van der Waals surface area contributed by atoms with Gasteiger partial charge in [0, 0.05) is 17.4 Å². The van der Waals surface area contributed by atoms with Gasteiger partial charge in [-0.2, -0.15) is 0 Å². The van der Waals surface area contributed by atoms with Gasteiger partial charge in [0.1, 0.15) is 11.3 Å². The van der Waals surface area contributed by atoms with Crippen LogP contribution in [0.4, 0.5) is 0 Å². The van der Waals surface area contributed by atoms with Crippen LogP contribution in [0, 0.1) is 0 Å². The molecule has 0 spiro atoms. The number of ether oxygens (including phenoxy) is 1. The molecule has 85 valence electrons. The first-order chi connectivity index (χ1) is 7.25. The van der Waals surface area contributed by atoms with Crippen LogP contribution in [0.3, 0.4) is 0 Å². The number of hydrogen-bond donors (Lipinski definition) is 1. The van der Waals surface area contributed by atoms with Gasteiger partial charge in [0.05, 0.1) is 6.61 Å². The average molecular weight is 235 g/mol. The minimum absolute atomic E-state index is 0. The van der Waals surface area contributed by atoms with Crippen molar-refractivity contribution in [1.82, 2.24) is 0 Å². The second-order valence-corrected chi connectivity index (χ2v) is 3.36. The van der Waals surface area contributed by atoms with Crippen molar-refractivity contribution < 1.29 is 14.6 Å². The number of aromatic hydroxyl groups is 1. The van der Waals surface area contributed by atoms with Gasteiger partial charge < -0.3 is 9.84 Å². The predicted octanol–water partition coefficient (Wildman–Crippen LogP) is 2.36. The third-order valence-electron chi connectivity index (χ3n) is 2.11. The molecule has 1 aromatic rings. The molecule has 0 heterocycles. The van der Waals surface area contributed by atoms with Crippen molar-refractivity contribution in [2.75, 3.05) is 6.61 Å². The molecule has 0 aliphatic heterocycles. The number of benzene rings is 1. The summed E-state index contributed by atoms with van der Waals surface area (Å²) in [6, 6.07) is 6.39. The molecule has 1 rings (SSSR count). The summed E-state index contributed by atoms with van der Waals surface area (Å²) >= 11 is 0. The van der Waals surface area contributed by atoms with Gasteiger partial charge in [0.2, 0.25) is 0 Å². The Morgan fingerprint density at radius 3 is 2.62 bits per heavy atom. The lowest BCUT2D eigenvalue weighted by atomic mass is 10.2. The third-order valence-corrected chi connectivity index (χ3v) is 2.11. The van der Waals surface area contributed by atoms with Crippen molar-refractivity contribution >= 4 is 23.3 Å². The van der Waals surface area contributed by atoms with Crippen molar-refractivity contribution in [3.63, 3.8) is 0 Å². The van der Waals surface area contributed by atoms with E-state index in [0.717, 1.165) is 19.3 Å². The average Bonchev–Trinajstić information content (AvgIpc) is 2.25. The van der Waals surface area contributed by atoms with E-state index in [4.69, 9.17) is 4.74 Å². The number of rotatable bonds is 5. The van der Waals surface area contributed by atoms with E-state index in [0.29, 0.717) is 6.61 Å². The van der Waals surface area contributed by atoms with E-state index in [1.54, 1.807) is 18.2 Å². The van der Waals surface area contributed by atoms with E-state index >= 15 is 0 Å². The van der Waals surface area contributed by atoms with Gasteiger partial charge in [0.25, 0.3) is 0 Å². The molecular weight excluding hydrogens is 219 g/mol. The van der Waals surface area contributed by atoms with Crippen LogP contribution in [0.25, 0.3) is 0 Å². The summed E-state index contributed by atoms with van der Waals surface area (Å²) in [7, 11) is 0. The summed E-state index contributed by atoms with van der Waals surface area (Å²) in [5.74, 6) is -0.484. The fraction of sp³-hybridized carbons (Fsp3) is 0.417. The second kappa shape index (κ2) is 8.21. The number of carbonyl (C=O) groups is 1. The van der Waals surface area contributed by atoms with Gasteiger partial charge in [-0.05, 0) is 18.6 Å². The Morgan fingerprint density at radius 1 is 1.31 bits per heavy atom. The molecule has 3 nitrogen and oxygen atoms in total. The zero-order valence-electron chi connectivity index (χ0n) is 9.48. The Labute approximate surface area is 107 Å². The molecule has 0 aliphatic rings. The largest absolute Gasteiger partial charge is 0.507 e. The number of phenols is 1. The Morgan fingerprint density at radius 2 is 2.00 bits per heavy atom. The number of hydrogen-bond acceptors (Lipinski definition) is 3. The van der Waals surface area contributed by atoms with E-state index in [1.165, 1.54) is 6.07 Å². The maximum absolute atomic E-state index is 11.4. The first-order valence-electron chi connectivity index (χ1n) is 5.20. The van der Waals surface area contributed by atoms with Crippen molar-refractivity contribution in [1.29, 1.82) is 0 Å². The van der Waals surface area contributed by atoms with Crippen LogP contribution in [0.5, 0.6) is 5.75 Å². The molecule has 0 amide bonds. The summed E-state index contributed by atoms with van der Waals surface area (Å²) in [5.41, 5.74) is 0.231. The van der Waals surface area contributed by atoms with Crippen LogP contribution in [0.2, 0.25) is 0 Å². The van der Waals surface area contributed by atoms with E-state index in [1.807, 2.05) is 0 Å². The van der Waals surface area contributed by atoms with E-state index < -0.39 is 5.97 Å². The monoisotopic (exact) mass is 235 g/mol. The number of esters is 1. The van der Waals surface area contributed by atoms with Crippen LogP contribution in [-0.4, -0.2) is 35.0 Å². The lowest BCUT2D eigenvalue weighted by Crippen LogP contribution is -2.06. The highest BCUT2D eigenvalue weighted by Crippen LogP contribution is 2.16. The van der Waals surface area contributed by atoms with Crippen molar-refractivity contribution in [3.8, 4) is 5.75 Å². The zero-order valence-corrected chi connectivity index (χ0v) is 10.6. The summed E-state index contributed by atoms with van der Waals surface area (Å²) in [6.07, 6.45) is 3.01. The molecule has 1 N–H and O–H groups in total. The zero-order chi connectivity index (χ0) is 11.1. The molecule has 0 unspecified atom stereocenters. The Bertz CT molecular complexity index is 326. The van der Waals surface area contributed by atoms with Gasteiger partial charge in [-0.15, -0.1) is 0 Å². The van der Waals surface area contributed by atoms with Crippen LogP contribution in [0.15, 0.2) is 24.3 Å². The molecule has 0 bridgehead atoms. The molecule has 0 aromatic heterocycles. The molecule has 0 aliphatic carbocycles. The minimum Gasteiger partial charge on any atom is -0.507 e. The standard InChI is InChI=1S/C12H16O3.Al/c1-2-3-6-9-15-12(14)10-7-4-5-8-11(10)13;/h4-5,7-8,13H,2-3,6,9H2,1H3;. The summed E-state index contributed by atoms with van der Waals surface area (Å²) < 4.78 is 5.01. The first-order valence-corrected chi connectivity index (χ1v) is 5.20. The SMILES string of the molecule is CCCCCOC(=O)c1ccccc1O.[Al]. The normalized spacial score (nSPS) is 9.31. The summed E-state index contributed by atoms with van der Waals surface area (Å²) in [6.45, 7) is 2.51. The van der Waals surface area contributed by atoms with Gasteiger partial charge in [-0.1, -0.05) is 31.9 Å². The highest BCUT2D eigenvalue weighted by molar-refractivity contribution is 5.92. The second-order valence-electron chi connectivity index (χ2n) is 3.36. The predicted molar refractivity (Wildman–Crippen MR) is 63.7 cm³/mol. The van der Waals surface area contributed by atoms with Crippen LogP contribution < -0.4 is 0 Å². The fourth-order valence-corrected chi connectivity index (χ4v) is 1.24. The number of phenolic OH excluding ortho intramolecular Hbond substituents is 1. The molecule has 0 atom stereocenters. The molecule has 1 aromatic carbocycles. The highest BCUT2D eigenvalue weighted by Gasteiger charge is 2.10. The Balaban J connectivity index is 0.00000225. The minimum atomic E-state index is -0.454. The Kier molecular flexibility index (Phi) is 7.71. The number of carbonyl (C=O) groups excluding carboxylic acids is 1. The maximum Gasteiger partial charge on any atom is 0.341 e. The summed E-state index contributed by atoms with van der Waals surface area (Å²) in [5, 5.41) is 9.38. The summed E-state index contributed by atoms with van der Waals surface area (Å²) in [4.78, 5) is 11.4. The van der Waals surface area contributed by atoms with Gasteiger partial charge in [-0.3, -0.25) is 0 Å². The molecular formula is C12H16AlO3. The molecule has 0 saturated carbocycles. The van der Waals surface area contributed by atoms with Crippen LogP contribution in [0.1, 0.15) is 36.5 Å². The van der Waals surface area contributed by atoms with Crippen LogP contribution in [-0.2, 0) is 4.74 Å². The smallest absolute Gasteiger partial charge is 0.341 e. The fourth-order valence-electron chi connectivity index (χ4n) is 1.24. The van der Waals surface area contributed by atoms with Crippen molar-refractivity contribution in [2.45, 2.75) is 26.2 Å². The van der Waals surface area contributed by atoms with Gasteiger partial charge >= 0.3 is 5.97 Å². The van der Waals surface area contributed by atoms with E-state index in [-0.39, 0.29) is 28.7 Å². The maximum atomic E-state index is 11.4. The molecule has 4 heteroatoms. The molecule has 3 radical (unpaired) electrons. The van der Waals surface area contributed by atoms with Crippen molar-refractivity contribution in [2.24, 2.45) is 0 Å². The number of para-hydroxylation sites is 1. The molecule has 0 fully saturated rings. The number of unbranched alkanes of at least 4 members (excludes halogenated alkanes) is 2. The van der Waals surface area contributed by atoms with E-state index in [9.17, 15) is 9.90 Å². The van der Waals surface area contributed by atoms with Gasteiger partial charge in [-0.25, -0.2) is 4.79 Å². The van der Waals surface area contributed by atoms with Crippen LogP contribution >= 0.6 is 0 Å². The lowest BCUT2D eigenvalue weighted by molar-refractivity contribution is 0.0495. The topological polar surface area (TPSA) is 46.5 Å². The van der Waals surface area contributed by atoms with Gasteiger partial charge in [0.15, 0.2) is 0 Å². The molecule has 16 heavy (non-hydrogen) atoms. The Hall–Kier alpha value is -0.978. The lowest BCUT2D eigenvalue weighted by Gasteiger charge is -2.05. The third kappa shape index (κ3) is 4.70. The van der Waals surface area contributed by atoms with Crippen molar-refractivity contribution in [3.05, 3.63) is 29.8 Å². The quantitative estimate of drug-likeness (QED) is 0.484.